The molecule has 0 fully saturated rings. The van der Waals surface area contributed by atoms with Crippen molar-refractivity contribution < 1.29 is 14.6 Å². The summed E-state index contributed by atoms with van der Waals surface area (Å²) < 4.78 is 5.05. The van der Waals surface area contributed by atoms with Crippen LogP contribution in [0.15, 0.2) is 54.7 Å². The molecule has 0 aliphatic carbocycles. The summed E-state index contributed by atoms with van der Waals surface area (Å²) in [6.45, 7) is 1.26. The number of phenols is 1. The van der Waals surface area contributed by atoms with E-state index in [1.54, 1.807) is 12.3 Å². The lowest BCUT2D eigenvalue weighted by Crippen LogP contribution is -2.45. The number of esters is 1. The van der Waals surface area contributed by atoms with Gasteiger partial charge in [0.05, 0.1) is 7.11 Å². The minimum Gasteiger partial charge on any atom is -0.506 e. The third-order valence-corrected chi connectivity index (χ3v) is 5.03. The van der Waals surface area contributed by atoms with Gasteiger partial charge in [0.15, 0.2) is 0 Å². The number of hydrogen-bond donors (Lipinski definition) is 1. The molecule has 5 heteroatoms. The number of benzene rings is 2. The molecular formula is C21H20N2O3. The van der Waals surface area contributed by atoms with Gasteiger partial charge in [0.25, 0.3) is 0 Å². The van der Waals surface area contributed by atoms with Crippen molar-refractivity contribution in [1.29, 1.82) is 0 Å². The van der Waals surface area contributed by atoms with Crippen LogP contribution in [-0.2, 0) is 29.0 Å². The summed E-state index contributed by atoms with van der Waals surface area (Å²) in [5, 5.41) is 11.0. The molecule has 26 heavy (non-hydrogen) atoms. The second-order valence-electron chi connectivity index (χ2n) is 6.56. The van der Waals surface area contributed by atoms with E-state index < -0.39 is 0 Å². The van der Waals surface area contributed by atoms with E-state index >= 15 is 0 Å². The SMILES string of the molecule is COC(=O)[C@H]1Cc2ccccc2CN1Cc1ccc(O)c2ncccc12. The summed E-state index contributed by atoms with van der Waals surface area (Å²) >= 11 is 0. The standard InChI is InChI=1S/C21H20N2O3/c1-26-21(25)18-11-14-5-2-3-6-15(14)12-23(18)13-16-8-9-19(24)20-17(16)7-4-10-22-20/h2-10,18,24H,11-13H2,1H3/t18-/m1/s1. The molecule has 0 saturated heterocycles. The smallest absolute Gasteiger partial charge is 0.323 e. The number of hydrogen-bond acceptors (Lipinski definition) is 5. The Morgan fingerprint density at radius 1 is 1.19 bits per heavy atom. The molecule has 2 heterocycles. The minimum absolute atomic E-state index is 0.165. The van der Waals surface area contributed by atoms with E-state index in [0.29, 0.717) is 25.0 Å². The van der Waals surface area contributed by atoms with Crippen LogP contribution in [-0.4, -0.2) is 34.1 Å². The maximum absolute atomic E-state index is 12.4. The Hall–Kier alpha value is -2.92. The highest BCUT2D eigenvalue weighted by atomic mass is 16.5. The first-order valence-corrected chi connectivity index (χ1v) is 8.61. The van der Waals surface area contributed by atoms with E-state index in [0.717, 1.165) is 10.9 Å². The molecule has 1 aromatic heterocycles. The maximum atomic E-state index is 12.4. The van der Waals surface area contributed by atoms with Crippen LogP contribution in [0.1, 0.15) is 16.7 Å². The van der Waals surface area contributed by atoms with Gasteiger partial charge in [0, 0.05) is 24.7 Å². The van der Waals surface area contributed by atoms with Crippen LogP contribution >= 0.6 is 0 Å². The molecule has 1 atom stereocenters. The first kappa shape index (κ1) is 16.5. The Labute approximate surface area is 151 Å². The van der Waals surface area contributed by atoms with Crippen LogP contribution in [0.2, 0.25) is 0 Å². The van der Waals surface area contributed by atoms with Gasteiger partial charge >= 0.3 is 5.97 Å². The zero-order valence-electron chi connectivity index (χ0n) is 14.6. The van der Waals surface area contributed by atoms with Crippen LogP contribution < -0.4 is 0 Å². The highest BCUT2D eigenvalue weighted by molar-refractivity contribution is 5.87. The lowest BCUT2D eigenvalue weighted by atomic mass is 9.93. The van der Waals surface area contributed by atoms with E-state index in [1.165, 1.54) is 18.2 Å². The molecule has 1 aliphatic rings. The Morgan fingerprint density at radius 2 is 2.00 bits per heavy atom. The predicted molar refractivity (Wildman–Crippen MR) is 98.6 cm³/mol. The first-order valence-electron chi connectivity index (χ1n) is 8.61. The van der Waals surface area contributed by atoms with Crippen LogP contribution in [0.25, 0.3) is 10.9 Å². The Balaban J connectivity index is 1.72. The Bertz CT molecular complexity index is 970. The number of phenolic OH excluding ortho intramolecular Hbond substituents is 1. The summed E-state index contributed by atoms with van der Waals surface area (Å²) in [6, 6.07) is 15.2. The highest BCUT2D eigenvalue weighted by Gasteiger charge is 2.32. The second-order valence-corrected chi connectivity index (χ2v) is 6.56. The summed E-state index contributed by atoms with van der Waals surface area (Å²) in [4.78, 5) is 18.8. The Morgan fingerprint density at radius 3 is 2.81 bits per heavy atom. The van der Waals surface area contributed by atoms with E-state index in [9.17, 15) is 9.90 Å². The number of carbonyl (C=O) groups excluding carboxylic acids is 1. The van der Waals surface area contributed by atoms with Crippen LogP contribution in [0, 0.1) is 0 Å². The van der Waals surface area contributed by atoms with E-state index in [4.69, 9.17) is 4.74 Å². The monoisotopic (exact) mass is 348 g/mol. The number of ether oxygens (including phenoxy) is 1. The summed E-state index contributed by atoms with van der Waals surface area (Å²) in [5.74, 6) is -0.0569. The number of carbonyl (C=O) groups is 1. The van der Waals surface area contributed by atoms with Gasteiger partial charge < -0.3 is 9.84 Å². The number of aromatic hydroxyl groups is 1. The second kappa shape index (κ2) is 6.77. The van der Waals surface area contributed by atoms with Crippen LogP contribution in [0.4, 0.5) is 0 Å². The highest BCUT2D eigenvalue weighted by Crippen LogP contribution is 2.30. The number of methoxy groups -OCH3 is 1. The summed E-state index contributed by atoms with van der Waals surface area (Å²) in [7, 11) is 1.43. The van der Waals surface area contributed by atoms with Gasteiger partial charge in [-0.05, 0) is 35.2 Å². The van der Waals surface area contributed by atoms with Crippen molar-refractivity contribution in [3.05, 3.63) is 71.4 Å². The fourth-order valence-corrected chi connectivity index (χ4v) is 3.69. The number of nitrogens with zero attached hydrogens (tertiary/aromatic N) is 2. The minimum atomic E-state index is -0.324. The van der Waals surface area contributed by atoms with Crippen molar-refractivity contribution in [3.63, 3.8) is 0 Å². The zero-order valence-corrected chi connectivity index (χ0v) is 14.6. The summed E-state index contributed by atoms with van der Waals surface area (Å²) in [5.41, 5.74) is 4.03. The van der Waals surface area contributed by atoms with E-state index in [2.05, 4.69) is 22.0 Å². The number of rotatable bonds is 3. The molecule has 4 rings (SSSR count). The topological polar surface area (TPSA) is 62.7 Å². The van der Waals surface area contributed by atoms with Crippen molar-refractivity contribution in [1.82, 2.24) is 9.88 Å². The molecule has 1 aliphatic heterocycles. The van der Waals surface area contributed by atoms with Gasteiger partial charge in [0.2, 0.25) is 0 Å². The zero-order chi connectivity index (χ0) is 18.1. The average Bonchev–Trinajstić information content (AvgIpc) is 2.69. The molecule has 3 aromatic rings. The predicted octanol–water partition coefficient (Wildman–Crippen LogP) is 3.04. The fourth-order valence-electron chi connectivity index (χ4n) is 3.69. The number of pyridine rings is 1. The van der Waals surface area contributed by atoms with Gasteiger partial charge in [-0.2, -0.15) is 0 Å². The van der Waals surface area contributed by atoms with Crippen molar-refractivity contribution in [2.45, 2.75) is 25.6 Å². The van der Waals surface area contributed by atoms with Gasteiger partial charge in [0.1, 0.15) is 17.3 Å². The molecular weight excluding hydrogens is 328 g/mol. The van der Waals surface area contributed by atoms with E-state index in [-0.39, 0.29) is 17.8 Å². The molecule has 2 aromatic carbocycles. The third kappa shape index (κ3) is 2.91. The quantitative estimate of drug-likeness (QED) is 0.737. The van der Waals surface area contributed by atoms with Crippen molar-refractivity contribution in [2.75, 3.05) is 7.11 Å². The first-order chi connectivity index (χ1) is 12.7. The van der Waals surface area contributed by atoms with E-state index in [1.807, 2.05) is 30.3 Å². The van der Waals surface area contributed by atoms with Crippen molar-refractivity contribution in [2.24, 2.45) is 0 Å². The van der Waals surface area contributed by atoms with Gasteiger partial charge in [-0.3, -0.25) is 14.7 Å². The van der Waals surface area contributed by atoms with Crippen LogP contribution in [0.3, 0.4) is 0 Å². The number of fused-ring (bicyclic) bond motifs is 2. The molecule has 0 radical (unpaired) electrons. The van der Waals surface area contributed by atoms with Gasteiger partial charge in [-0.1, -0.05) is 36.4 Å². The van der Waals surface area contributed by atoms with Gasteiger partial charge in [-0.15, -0.1) is 0 Å². The van der Waals surface area contributed by atoms with Crippen molar-refractivity contribution >= 4 is 16.9 Å². The van der Waals surface area contributed by atoms with Gasteiger partial charge in [-0.25, -0.2) is 0 Å². The largest absolute Gasteiger partial charge is 0.506 e. The Kier molecular flexibility index (Phi) is 4.31. The third-order valence-electron chi connectivity index (χ3n) is 5.03. The van der Waals surface area contributed by atoms with Crippen molar-refractivity contribution in [3.8, 4) is 5.75 Å². The molecule has 0 amide bonds. The normalized spacial score (nSPS) is 17.0. The molecule has 0 unspecified atom stereocenters. The van der Waals surface area contributed by atoms with Crippen LogP contribution in [0.5, 0.6) is 5.75 Å². The molecule has 0 bridgehead atoms. The summed E-state index contributed by atoms with van der Waals surface area (Å²) in [6.07, 6.45) is 2.30. The molecule has 0 spiro atoms. The lowest BCUT2D eigenvalue weighted by Gasteiger charge is -2.35. The molecule has 1 N–H and O–H groups in total. The average molecular weight is 348 g/mol. The lowest BCUT2D eigenvalue weighted by molar-refractivity contribution is -0.147. The molecule has 5 nitrogen and oxygen atoms in total. The molecule has 132 valence electrons. The molecule has 0 saturated carbocycles. The fraction of sp³-hybridized carbons (Fsp3) is 0.238. The maximum Gasteiger partial charge on any atom is 0.323 e. The number of aromatic nitrogens is 1.